The summed E-state index contributed by atoms with van der Waals surface area (Å²) >= 11 is 0. The summed E-state index contributed by atoms with van der Waals surface area (Å²) in [5, 5.41) is 0. The molecule has 1 atom stereocenters. The molecule has 0 N–H and O–H groups in total. The predicted molar refractivity (Wildman–Crippen MR) is 261 cm³/mol. The maximum atomic E-state index is 12.7. The van der Waals surface area contributed by atoms with Crippen LogP contribution in [-0.2, 0) is 28.6 Å². The van der Waals surface area contributed by atoms with Gasteiger partial charge in [-0.2, -0.15) is 0 Å². The van der Waals surface area contributed by atoms with Gasteiger partial charge in [-0.05, 0) is 64.2 Å². The van der Waals surface area contributed by atoms with Crippen LogP contribution in [0.15, 0.2) is 85.1 Å². The van der Waals surface area contributed by atoms with Crippen molar-refractivity contribution in [3.8, 4) is 0 Å². The average molecular weight is 849 g/mol. The molecule has 0 aromatic rings. The van der Waals surface area contributed by atoms with E-state index in [0.29, 0.717) is 19.3 Å². The molecule has 0 spiro atoms. The molecule has 61 heavy (non-hydrogen) atoms. The molecule has 0 aliphatic rings. The SMILES string of the molecule is CC\C=C/C=C\C=C/C=C\C=C/CCCCCC(=O)OC(COC(=O)CCCC/C=C\C/C=C\CC)COC(=O)CCCCCCCCCCCCCCCCCCCCC. The number of hydrogen-bond donors (Lipinski definition) is 0. The third-order valence-electron chi connectivity index (χ3n) is 10.5. The molecule has 0 amide bonds. The lowest BCUT2D eigenvalue weighted by Crippen LogP contribution is -2.30. The van der Waals surface area contributed by atoms with Crippen LogP contribution in [-0.4, -0.2) is 37.2 Å². The van der Waals surface area contributed by atoms with E-state index < -0.39 is 6.10 Å². The van der Waals surface area contributed by atoms with Crippen LogP contribution in [0.4, 0.5) is 0 Å². The number of carbonyl (C=O) groups is 3. The van der Waals surface area contributed by atoms with Gasteiger partial charge < -0.3 is 14.2 Å². The van der Waals surface area contributed by atoms with Crippen molar-refractivity contribution in [1.82, 2.24) is 0 Å². The molecular formula is C55H92O6. The lowest BCUT2D eigenvalue weighted by atomic mass is 10.0. The summed E-state index contributed by atoms with van der Waals surface area (Å²) in [6.07, 6.45) is 63.0. The average Bonchev–Trinajstić information content (AvgIpc) is 3.26. The second-order valence-electron chi connectivity index (χ2n) is 16.4. The summed E-state index contributed by atoms with van der Waals surface area (Å²) in [6, 6.07) is 0. The zero-order valence-corrected chi connectivity index (χ0v) is 39.7. The molecular weight excluding hydrogens is 757 g/mol. The molecule has 1 unspecified atom stereocenters. The highest BCUT2D eigenvalue weighted by molar-refractivity contribution is 5.71. The molecule has 0 heterocycles. The Kier molecular flexibility index (Phi) is 46.5. The number of hydrogen-bond acceptors (Lipinski definition) is 6. The third-order valence-corrected chi connectivity index (χ3v) is 10.5. The first-order valence-electron chi connectivity index (χ1n) is 25.2. The van der Waals surface area contributed by atoms with E-state index in [-0.39, 0.29) is 37.5 Å². The largest absolute Gasteiger partial charge is 0.462 e. The van der Waals surface area contributed by atoms with Crippen LogP contribution in [0.5, 0.6) is 0 Å². The molecule has 0 saturated carbocycles. The highest BCUT2D eigenvalue weighted by atomic mass is 16.6. The van der Waals surface area contributed by atoms with Gasteiger partial charge in [-0.15, -0.1) is 0 Å². The Labute approximate surface area is 375 Å². The first-order valence-corrected chi connectivity index (χ1v) is 25.2. The molecule has 0 saturated heterocycles. The Morgan fingerprint density at radius 3 is 1.21 bits per heavy atom. The van der Waals surface area contributed by atoms with E-state index in [2.05, 4.69) is 57.2 Å². The fourth-order valence-electron chi connectivity index (χ4n) is 6.79. The van der Waals surface area contributed by atoms with Crippen molar-refractivity contribution in [2.24, 2.45) is 0 Å². The van der Waals surface area contributed by atoms with E-state index >= 15 is 0 Å². The number of esters is 3. The Balaban J connectivity index is 4.37. The zero-order chi connectivity index (χ0) is 44.4. The first-order chi connectivity index (χ1) is 30.0. The summed E-state index contributed by atoms with van der Waals surface area (Å²) < 4.78 is 16.7. The summed E-state index contributed by atoms with van der Waals surface area (Å²) in [6.45, 7) is 6.30. The molecule has 0 aliphatic heterocycles. The van der Waals surface area contributed by atoms with Gasteiger partial charge in [-0.1, -0.05) is 228 Å². The number of ether oxygens (including phenoxy) is 3. The minimum absolute atomic E-state index is 0.103. The fourth-order valence-corrected chi connectivity index (χ4v) is 6.79. The number of rotatable bonds is 44. The van der Waals surface area contributed by atoms with Crippen LogP contribution in [0.25, 0.3) is 0 Å². The van der Waals surface area contributed by atoms with Crippen LogP contribution in [0, 0.1) is 0 Å². The number of allylic oxidation sites excluding steroid dienone is 14. The standard InChI is InChI=1S/C55H92O6/c1-4-7-10-13-16-19-21-23-25-26-27-28-30-31-33-36-39-42-45-48-54(57)60-51-52(50-59-53(56)47-44-41-38-35-18-15-12-9-6-3)61-55(58)49-46-43-40-37-34-32-29-24-22-20-17-14-11-8-5-2/h8-9,11-12,14,17-18,20,22,24,29,32,34-35,52H,4-7,10,13,15-16,19,21,23,25-28,30-31,33,36-51H2,1-3H3/b11-8-,12-9-,17-14-,22-20-,29-24-,34-32-,35-18-. The minimum Gasteiger partial charge on any atom is -0.462 e. The summed E-state index contributed by atoms with van der Waals surface area (Å²) in [4.78, 5) is 37.8. The van der Waals surface area contributed by atoms with Gasteiger partial charge in [0.25, 0.3) is 0 Å². The number of carbonyl (C=O) groups excluding carboxylic acids is 3. The van der Waals surface area contributed by atoms with Crippen molar-refractivity contribution >= 4 is 17.9 Å². The Hall–Kier alpha value is -3.41. The minimum atomic E-state index is -0.809. The van der Waals surface area contributed by atoms with Crippen LogP contribution in [0.2, 0.25) is 0 Å². The third kappa shape index (κ3) is 47.5. The quantitative estimate of drug-likeness (QED) is 0.0200. The maximum Gasteiger partial charge on any atom is 0.306 e. The van der Waals surface area contributed by atoms with E-state index in [0.717, 1.165) is 77.0 Å². The smallest absolute Gasteiger partial charge is 0.306 e. The highest BCUT2D eigenvalue weighted by Gasteiger charge is 2.19. The van der Waals surface area contributed by atoms with Gasteiger partial charge in [-0.25, -0.2) is 0 Å². The molecule has 0 aromatic heterocycles. The Morgan fingerprint density at radius 1 is 0.361 bits per heavy atom. The van der Waals surface area contributed by atoms with E-state index in [4.69, 9.17) is 14.2 Å². The van der Waals surface area contributed by atoms with E-state index in [1.165, 1.54) is 103 Å². The normalized spacial score (nSPS) is 12.8. The van der Waals surface area contributed by atoms with Gasteiger partial charge in [0, 0.05) is 19.3 Å². The van der Waals surface area contributed by atoms with Crippen molar-refractivity contribution in [3.63, 3.8) is 0 Å². The van der Waals surface area contributed by atoms with Crippen molar-refractivity contribution < 1.29 is 28.6 Å². The molecule has 0 fully saturated rings. The van der Waals surface area contributed by atoms with Gasteiger partial charge in [0.1, 0.15) is 13.2 Å². The monoisotopic (exact) mass is 849 g/mol. The van der Waals surface area contributed by atoms with Gasteiger partial charge >= 0.3 is 17.9 Å². The lowest BCUT2D eigenvalue weighted by Gasteiger charge is -2.18. The van der Waals surface area contributed by atoms with Gasteiger partial charge in [0.05, 0.1) is 0 Å². The number of unbranched alkanes of at least 4 members (excludes halogenated alkanes) is 23. The van der Waals surface area contributed by atoms with Crippen LogP contribution in [0.3, 0.4) is 0 Å². The zero-order valence-electron chi connectivity index (χ0n) is 39.7. The molecule has 0 aromatic carbocycles. The maximum absolute atomic E-state index is 12.7. The van der Waals surface area contributed by atoms with E-state index in [9.17, 15) is 14.4 Å². The summed E-state index contributed by atoms with van der Waals surface area (Å²) in [5.41, 5.74) is 0. The molecule has 6 heteroatoms. The topological polar surface area (TPSA) is 78.9 Å². The molecule has 0 radical (unpaired) electrons. The Morgan fingerprint density at radius 2 is 0.721 bits per heavy atom. The molecule has 0 rings (SSSR count). The van der Waals surface area contributed by atoms with E-state index in [1.807, 2.05) is 48.6 Å². The van der Waals surface area contributed by atoms with Crippen molar-refractivity contribution in [2.45, 2.75) is 232 Å². The van der Waals surface area contributed by atoms with Crippen molar-refractivity contribution in [2.75, 3.05) is 13.2 Å². The van der Waals surface area contributed by atoms with Gasteiger partial charge in [0.15, 0.2) is 6.10 Å². The van der Waals surface area contributed by atoms with Crippen LogP contribution < -0.4 is 0 Å². The molecule has 348 valence electrons. The summed E-state index contributed by atoms with van der Waals surface area (Å²) in [7, 11) is 0. The Bertz CT molecular complexity index is 1200. The molecule has 6 nitrogen and oxygen atoms in total. The van der Waals surface area contributed by atoms with Gasteiger partial charge in [0.2, 0.25) is 0 Å². The van der Waals surface area contributed by atoms with Crippen molar-refractivity contribution in [3.05, 3.63) is 85.1 Å². The molecule has 0 bridgehead atoms. The van der Waals surface area contributed by atoms with Crippen LogP contribution >= 0.6 is 0 Å². The lowest BCUT2D eigenvalue weighted by molar-refractivity contribution is -0.167. The van der Waals surface area contributed by atoms with E-state index in [1.54, 1.807) is 0 Å². The summed E-state index contributed by atoms with van der Waals surface area (Å²) in [5.74, 6) is -0.985. The fraction of sp³-hybridized carbons (Fsp3) is 0.691. The second-order valence-corrected chi connectivity index (χ2v) is 16.4. The highest BCUT2D eigenvalue weighted by Crippen LogP contribution is 2.15. The molecule has 0 aliphatic carbocycles. The van der Waals surface area contributed by atoms with Crippen molar-refractivity contribution in [1.29, 1.82) is 0 Å². The second kappa shape index (κ2) is 49.2. The van der Waals surface area contributed by atoms with Gasteiger partial charge in [-0.3, -0.25) is 14.4 Å². The first kappa shape index (κ1) is 57.6. The predicted octanol–water partition coefficient (Wildman–Crippen LogP) is 16.4. The van der Waals surface area contributed by atoms with Crippen LogP contribution in [0.1, 0.15) is 226 Å².